The van der Waals surface area contributed by atoms with Crippen molar-refractivity contribution in [3.63, 3.8) is 0 Å². The van der Waals surface area contributed by atoms with Gasteiger partial charge in [0.2, 0.25) is 4.80 Å². The largest absolute Gasteiger partial charge is 0.496 e. The topological polar surface area (TPSA) is 57.3 Å². The summed E-state index contributed by atoms with van der Waals surface area (Å²) in [6.45, 7) is 9.09. The van der Waals surface area contributed by atoms with Crippen LogP contribution in [-0.2, 0) is 0 Å². The second-order valence-electron chi connectivity index (χ2n) is 7.13. The first-order valence-electron chi connectivity index (χ1n) is 10.1. The smallest absolute Gasteiger partial charge is 0.206 e. The Morgan fingerprint density at radius 3 is 2.16 bits per heavy atom. The summed E-state index contributed by atoms with van der Waals surface area (Å²) in [5, 5.41) is 6.90. The zero-order chi connectivity index (χ0) is 22.5. The molecule has 7 heteroatoms. The maximum Gasteiger partial charge on any atom is 0.206 e. The molecule has 0 saturated carbocycles. The number of aromatic nitrogens is 1. The summed E-state index contributed by atoms with van der Waals surface area (Å²) in [4.78, 5) is 5.47. The van der Waals surface area contributed by atoms with E-state index in [1.807, 2.05) is 17.7 Å². The van der Waals surface area contributed by atoms with Crippen molar-refractivity contribution in [2.45, 2.75) is 27.7 Å². The van der Waals surface area contributed by atoms with Crippen molar-refractivity contribution >= 4 is 17.6 Å². The molecule has 0 aliphatic rings. The Balaban J connectivity index is 2.16. The van der Waals surface area contributed by atoms with Gasteiger partial charge in [0.25, 0.3) is 0 Å². The van der Waals surface area contributed by atoms with Crippen LogP contribution in [0.5, 0.6) is 17.2 Å². The number of rotatable bonds is 7. The van der Waals surface area contributed by atoms with Crippen LogP contribution in [0.2, 0.25) is 0 Å². The number of hydrogen-bond acceptors (Lipinski definition) is 6. The molecule has 3 rings (SSSR count). The molecule has 1 aromatic heterocycles. The van der Waals surface area contributed by atoms with Gasteiger partial charge >= 0.3 is 0 Å². The van der Waals surface area contributed by atoms with Crippen LogP contribution in [0.15, 0.2) is 39.7 Å². The molecule has 0 aliphatic heterocycles. The Labute approximate surface area is 187 Å². The van der Waals surface area contributed by atoms with Crippen LogP contribution >= 0.6 is 11.3 Å². The fraction of sp³-hybridized carbons (Fsp3) is 0.333. The minimum absolute atomic E-state index is 0.604. The third kappa shape index (κ3) is 4.66. The molecule has 2 aromatic carbocycles. The van der Waals surface area contributed by atoms with Crippen molar-refractivity contribution in [1.82, 2.24) is 4.68 Å². The summed E-state index contributed by atoms with van der Waals surface area (Å²) in [6.07, 6.45) is 1.77. The molecule has 1 heterocycles. The fourth-order valence-corrected chi connectivity index (χ4v) is 4.24. The van der Waals surface area contributed by atoms with Gasteiger partial charge in [-0.2, -0.15) is 5.10 Å². The SMILES string of the molecule is CCN=c1scc(-c2cc(C)c(C)cc2C)n1N=Cc1cc(OC)c(OC)cc1OC. The monoisotopic (exact) mass is 439 g/mol. The van der Waals surface area contributed by atoms with Gasteiger partial charge in [-0.05, 0) is 56.5 Å². The lowest BCUT2D eigenvalue weighted by atomic mass is 9.99. The predicted molar refractivity (Wildman–Crippen MR) is 127 cm³/mol. The van der Waals surface area contributed by atoms with Crippen LogP contribution in [0, 0.1) is 20.8 Å². The first kappa shape index (κ1) is 22.6. The highest BCUT2D eigenvalue weighted by molar-refractivity contribution is 7.07. The highest BCUT2D eigenvalue weighted by Gasteiger charge is 2.13. The molecule has 0 N–H and O–H groups in total. The Morgan fingerprint density at radius 2 is 1.52 bits per heavy atom. The Bertz CT molecular complexity index is 1180. The summed E-state index contributed by atoms with van der Waals surface area (Å²) >= 11 is 1.58. The van der Waals surface area contributed by atoms with Crippen LogP contribution < -0.4 is 19.0 Å². The van der Waals surface area contributed by atoms with E-state index in [1.165, 1.54) is 16.7 Å². The van der Waals surface area contributed by atoms with Gasteiger partial charge in [0.1, 0.15) is 5.75 Å². The van der Waals surface area contributed by atoms with E-state index < -0.39 is 0 Å². The molecule has 0 saturated heterocycles. The summed E-state index contributed by atoms with van der Waals surface area (Å²) in [5.74, 6) is 1.87. The van der Waals surface area contributed by atoms with Crippen molar-refractivity contribution < 1.29 is 14.2 Å². The van der Waals surface area contributed by atoms with Gasteiger partial charge in [0.05, 0.1) is 33.2 Å². The quantitative estimate of drug-likeness (QED) is 0.489. The highest BCUT2D eigenvalue weighted by Crippen LogP contribution is 2.34. The Hall–Kier alpha value is -3.06. The first-order chi connectivity index (χ1) is 14.9. The molecule has 0 bridgehead atoms. The molecular formula is C24H29N3O3S. The van der Waals surface area contributed by atoms with Gasteiger partial charge in [-0.1, -0.05) is 6.07 Å². The molecule has 0 spiro atoms. The summed E-state index contributed by atoms with van der Waals surface area (Å²) in [5.41, 5.74) is 6.67. The van der Waals surface area contributed by atoms with Crippen LogP contribution in [0.3, 0.4) is 0 Å². The zero-order valence-electron chi connectivity index (χ0n) is 19.1. The number of hydrogen-bond donors (Lipinski definition) is 0. The zero-order valence-corrected chi connectivity index (χ0v) is 20.0. The van der Waals surface area contributed by atoms with Gasteiger partial charge in [-0.3, -0.25) is 4.99 Å². The maximum absolute atomic E-state index is 5.54. The van der Waals surface area contributed by atoms with Gasteiger partial charge < -0.3 is 14.2 Å². The molecule has 0 atom stereocenters. The third-order valence-corrected chi connectivity index (χ3v) is 6.00. The number of aryl methyl sites for hydroxylation is 3. The molecule has 31 heavy (non-hydrogen) atoms. The van der Waals surface area contributed by atoms with Crippen LogP contribution in [0.4, 0.5) is 0 Å². The van der Waals surface area contributed by atoms with E-state index in [2.05, 4.69) is 43.3 Å². The number of nitrogens with zero attached hydrogens (tertiary/aromatic N) is 3. The molecule has 0 aliphatic carbocycles. The summed E-state index contributed by atoms with van der Waals surface area (Å²) < 4.78 is 18.3. The van der Waals surface area contributed by atoms with Crippen LogP contribution in [-0.4, -0.2) is 38.8 Å². The second kappa shape index (κ2) is 9.83. The van der Waals surface area contributed by atoms with Gasteiger partial charge in [0.15, 0.2) is 11.5 Å². The minimum atomic E-state index is 0.604. The molecule has 0 amide bonds. The van der Waals surface area contributed by atoms with Gasteiger partial charge in [-0.15, -0.1) is 11.3 Å². The molecule has 0 unspecified atom stereocenters. The van der Waals surface area contributed by atoms with Gasteiger partial charge in [0, 0.05) is 29.1 Å². The van der Waals surface area contributed by atoms with E-state index in [0.29, 0.717) is 23.8 Å². The van der Waals surface area contributed by atoms with E-state index >= 15 is 0 Å². The lowest BCUT2D eigenvalue weighted by molar-refractivity contribution is 0.349. The summed E-state index contributed by atoms with van der Waals surface area (Å²) in [6, 6.07) is 8.08. The van der Waals surface area contributed by atoms with Crippen molar-refractivity contribution in [3.8, 4) is 28.5 Å². The maximum atomic E-state index is 5.54. The van der Waals surface area contributed by atoms with Crippen LogP contribution in [0.1, 0.15) is 29.2 Å². The average Bonchev–Trinajstić information content (AvgIpc) is 3.16. The average molecular weight is 440 g/mol. The molecule has 3 aromatic rings. The normalized spacial score (nSPS) is 11.9. The second-order valence-corrected chi connectivity index (χ2v) is 7.97. The third-order valence-electron chi connectivity index (χ3n) is 5.14. The number of thiazole rings is 1. The Morgan fingerprint density at radius 1 is 0.871 bits per heavy atom. The fourth-order valence-electron chi connectivity index (χ4n) is 3.35. The van der Waals surface area contributed by atoms with Crippen LogP contribution in [0.25, 0.3) is 11.3 Å². The van der Waals surface area contributed by atoms with E-state index in [-0.39, 0.29) is 0 Å². The summed E-state index contributed by atoms with van der Waals surface area (Å²) in [7, 11) is 4.83. The predicted octanol–water partition coefficient (Wildman–Crippen LogP) is 4.97. The number of ether oxygens (including phenoxy) is 3. The minimum Gasteiger partial charge on any atom is -0.496 e. The van der Waals surface area contributed by atoms with E-state index in [9.17, 15) is 0 Å². The molecule has 6 nitrogen and oxygen atoms in total. The van der Waals surface area contributed by atoms with E-state index in [0.717, 1.165) is 21.6 Å². The van der Waals surface area contributed by atoms with E-state index in [4.69, 9.17) is 19.3 Å². The lowest BCUT2D eigenvalue weighted by Gasteiger charge is -2.12. The molecule has 164 valence electrons. The Kier molecular flexibility index (Phi) is 7.17. The van der Waals surface area contributed by atoms with E-state index in [1.54, 1.807) is 44.9 Å². The number of methoxy groups -OCH3 is 3. The van der Waals surface area contributed by atoms with Gasteiger partial charge in [-0.25, -0.2) is 4.68 Å². The van der Waals surface area contributed by atoms with Crippen molar-refractivity contribution in [3.05, 3.63) is 56.7 Å². The van der Waals surface area contributed by atoms with Crippen molar-refractivity contribution in [1.29, 1.82) is 0 Å². The van der Waals surface area contributed by atoms with Crippen molar-refractivity contribution in [2.75, 3.05) is 27.9 Å². The number of benzene rings is 2. The lowest BCUT2D eigenvalue weighted by Crippen LogP contribution is -2.13. The van der Waals surface area contributed by atoms with Crippen molar-refractivity contribution in [2.24, 2.45) is 10.1 Å². The standard InChI is InChI=1S/C24H29N3O3S/c1-8-25-24-27(20(14-31-24)19-10-16(3)15(2)9-17(19)4)26-13-18-11-22(29-6)23(30-7)12-21(18)28-5/h9-14H,8H2,1-7H3. The molecule has 0 radical (unpaired) electrons. The first-order valence-corrected chi connectivity index (χ1v) is 10.9. The highest BCUT2D eigenvalue weighted by atomic mass is 32.1. The molecular weight excluding hydrogens is 410 g/mol. The molecule has 0 fully saturated rings.